The number of aromatic nitrogens is 1. The van der Waals surface area contributed by atoms with Crippen LogP contribution in [0.25, 0.3) is 0 Å². The summed E-state index contributed by atoms with van der Waals surface area (Å²) < 4.78 is 0. The summed E-state index contributed by atoms with van der Waals surface area (Å²) in [6.45, 7) is 7.64. The molecule has 2 aliphatic heterocycles. The van der Waals surface area contributed by atoms with Crippen molar-refractivity contribution in [1.82, 2.24) is 9.80 Å². The molecule has 0 aliphatic carbocycles. The molecular weight excluding hydrogens is 322 g/mol. The van der Waals surface area contributed by atoms with Gasteiger partial charge in [0.05, 0.1) is 6.20 Å². The molecule has 8 nitrogen and oxygen atoms in total. The molecule has 134 valence electrons. The van der Waals surface area contributed by atoms with E-state index in [1.165, 1.54) is 0 Å². The molecule has 0 spiro atoms. The van der Waals surface area contributed by atoms with E-state index in [1.54, 1.807) is 0 Å². The van der Waals surface area contributed by atoms with Gasteiger partial charge < -0.3 is 4.90 Å². The summed E-state index contributed by atoms with van der Waals surface area (Å²) >= 11 is 0. The van der Waals surface area contributed by atoms with Crippen molar-refractivity contribution in [2.75, 3.05) is 44.3 Å². The fourth-order valence-electron chi connectivity index (χ4n) is 3.24. The zero-order valence-electron chi connectivity index (χ0n) is 14.7. The molecule has 0 aromatic carbocycles. The number of urea groups is 1. The van der Waals surface area contributed by atoms with Crippen LogP contribution in [0.4, 0.5) is 10.6 Å². The molecule has 0 radical (unpaired) electrons. The number of anilines is 1. The van der Waals surface area contributed by atoms with Crippen molar-refractivity contribution in [2.24, 2.45) is 5.92 Å². The highest BCUT2D eigenvalue weighted by atomic mass is 16.2. The molecule has 3 heterocycles. The molecule has 2 N–H and O–H groups in total. The minimum absolute atomic E-state index is 0.138. The predicted octanol–water partition coefficient (Wildman–Crippen LogP) is -1.39. The lowest BCUT2D eigenvalue weighted by atomic mass is 10.2. The lowest BCUT2D eigenvalue weighted by molar-refractivity contribution is -0.908. The second kappa shape index (κ2) is 7.18. The van der Waals surface area contributed by atoms with Crippen LogP contribution >= 0.6 is 0 Å². The second-order valence-electron chi connectivity index (χ2n) is 6.97. The standard InChI is InChI=1S/C17H23N5O3/c1-13(2)11-21-15(23)16(24)22(17(21)25)12-19-7-9-20(10-8-19)14-5-3-4-6-18-14/h3-6,13H,7-12H2,1-2H3/p+2. The molecule has 0 bridgehead atoms. The SMILES string of the molecule is CC(C)CN1C(=O)C(=O)N(C[NH+]2CCN(c3cccc[nH+]3)CC2)C1=O. The van der Waals surface area contributed by atoms with E-state index in [2.05, 4.69) is 9.88 Å². The van der Waals surface area contributed by atoms with Crippen molar-refractivity contribution in [1.29, 1.82) is 0 Å². The van der Waals surface area contributed by atoms with E-state index in [0.717, 1.165) is 46.7 Å². The summed E-state index contributed by atoms with van der Waals surface area (Å²) in [7, 11) is 0. The fraction of sp³-hybridized carbons (Fsp3) is 0.529. The van der Waals surface area contributed by atoms with Crippen LogP contribution in [0.3, 0.4) is 0 Å². The van der Waals surface area contributed by atoms with E-state index in [1.807, 2.05) is 38.2 Å². The van der Waals surface area contributed by atoms with Crippen molar-refractivity contribution in [3.63, 3.8) is 0 Å². The zero-order valence-corrected chi connectivity index (χ0v) is 14.7. The molecule has 4 amide bonds. The number of carbonyl (C=O) groups is 3. The number of hydrogen-bond donors (Lipinski definition) is 1. The largest absolute Gasteiger partial charge is 0.338 e. The van der Waals surface area contributed by atoms with Gasteiger partial charge in [-0.25, -0.2) is 14.7 Å². The Balaban J connectivity index is 1.58. The monoisotopic (exact) mass is 347 g/mol. The average Bonchev–Trinajstić information content (AvgIpc) is 2.81. The van der Waals surface area contributed by atoms with E-state index >= 15 is 0 Å². The third-order valence-corrected chi connectivity index (χ3v) is 4.57. The topological polar surface area (TPSA) is 79.5 Å². The minimum atomic E-state index is -0.698. The molecule has 2 fully saturated rings. The first kappa shape index (κ1) is 17.3. The Kier molecular flexibility index (Phi) is 4.98. The highest BCUT2D eigenvalue weighted by Crippen LogP contribution is 2.13. The molecule has 2 saturated heterocycles. The van der Waals surface area contributed by atoms with Crippen molar-refractivity contribution >= 4 is 23.7 Å². The summed E-state index contributed by atoms with van der Waals surface area (Å²) in [4.78, 5) is 45.4. The van der Waals surface area contributed by atoms with Gasteiger partial charge >= 0.3 is 17.8 Å². The lowest BCUT2D eigenvalue weighted by Crippen LogP contribution is -3.16. The van der Waals surface area contributed by atoms with E-state index in [0.29, 0.717) is 0 Å². The molecule has 3 rings (SSSR count). The maximum atomic E-state index is 12.4. The van der Waals surface area contributed by atoms with Crippen molar-refractivity contribution in [3.05, 3.63) is 24.4 Å². The van der Waals surface area contributed by atoms with E-state index in [4.69, 9.17) is 0 Å². The van der Waals surface area contributed by atoms with Crippen LogP contribution in [0.5, 0.6) is 0 Å². The average molecular weight is 347 g/mol. The number of nitrogens with zero attached hydrogens (tertiary/aromatic N) is 3. The van der Waals surface area contributed by atoms with Crippen LogP contribution in [0.1, 0.15) is 13.8 Å². The van der Waals surface area contributed by atoms with Crippen LogP contribution < -0.4 is 14.8 Å². The highest BCUT2D eigenvalue weighted by molar-refractivity contribution is 6.44. The quantitative estimate of drug-likeness (QED) is 0.525. The van der Waals surface area contributed by atoms with Gasteiger partial charge in [0, 0.05) is 12.6 Å². The first-order valence-corrected chi connectivity index (χ1v) is 8.70. The van der Waals surface area contributed by atoms with E-state index in [-0.39, 0.29) is 19.1 Å². The first-order chi connectivity index (χ1) is 12.0. The highest BCUT2D eigenvalue weighted by Gasteiger charge is 2.46. The third-order valence-electron chi connectivity index (χ3n) is 4.57. The lowest BCUT2D eigenvalue weighted by Gasteiger charge is -2.30. The van der Waals surface area contributed by atoms with Gasteiger partial charge in [-0.1, -0.05) is 19.9 Å². The van der Waals surface area contributed by atoms with Crippen molar-refractivity contribution in [3.8, 4) is 0 Å². The molecule has 0 unspecified atom stereocenters. The van der Waals surface area contributed by atoms with Crippen molar-refractivity contribution in [2.45, 2.75) is 13.8 Å². The Morgan fingerprint density at radius 3 is 2.36 bits per heavy atom. The summed E-state index contributed by atoms with van der Waals surface area (Å²) in [6.07, 6.45) is 1.89. The van der Waals surface area contributed by atoms with Gasteiger partial charge in [-0.15, -0.1) is 0 Å². The number of H-pyrrole nitrogens is 1. The van der Waals surface area contributed by atoms with Gasteiger partial charge in [-0.05, 0) is 12.0 Å². The number of imide groups is 2. The fourth-order valence-corrected chi connectivity index (χ4v) is 3.24. The van der Waals surface area contributed by atoms with Gasteiger partial charge in [0.25, 0.3) is 5.82 Å². The molecule has 8 heteroatoms. The van der Waals surface area contributed by atoms with E-state index < -0.39 is 17.8 Å². The predicted molar refractivity (Wildman–Crippen MR) is 89.6 cm³/mol. The number of hydrogen-bond acceptors (Lipinski definition) is 4. The Labute approximate surface area is 147 Å². The minimum Gasteiger partial charge on any atom is -0.311 e. The van der Waals surface area contributed by atoms with Gasteiger partial charge in [-0.2, -0.15) is 0 Å². The van der Waals surface area contributed by atoms with Crippen LogP contribution in [-0.2, 0) is 9.59 Å². The number of aromatic amines is 1. The second-order valence-corrected chi connectivity index (χ2v) is 6.97. The number of quaternary nitrogens is 1. The molecule has 0 saturated carbocycles. The maximum Gasteiger partial charge on any atom is 0.338 e. The molecule has 0 atom stereocenters. The zero-order chi connectivity index (χ0) is 18.0. The smallest absolute Gasteiger partial charge is 0.311 e. The number of rotatable bonds is 5. The number of carbonyl (C=O) groups excluding carboxylic acids is 3. The Morgan fingerprint density at radius 2 is 1.76 bits per heavy atom. The molecule has 25 heavy (non-hydrogen) atoms. The summed E-state index contributed by atoms with van der Waals surface area (Å²) in [5, 5.41) is 0. The van der Waals surface area contributed by atoms with Gasteiger partial charge in [0.15, 0.2) is 6.67 Å². The summed E-state index contributed by atoms with van der Waals surface area (Å²) in [5.41, 5.74) is 0. The van der Waals surface area contributed by atoms with E-state index in [9.17, 15) is 14.4 Å². The van der Waals surface area contributed by atoms with Crippen LogP contribution in [0, 0.1) is 5.92 Å². The molecule has 1 aromatic rings. The molecule has 2 aliphatic rings. The number of amides is 4. The summed E-state index contributed by atoms with van der Waals surface area (Å²) in [5.74, 6) is -0.195. The maximum absolute atomic E-state index is 12.4. The van der Waals surface area contributed by atoms with Gasteiger partial charge in [0.2, 0.25) is 0 Å². The summed E-state index contributed by atoms with van der Waals surface area (Å²) in [6, 6.07) is 5.48. The number of piperazine rings is 1. The van der Waals surface area contributed by atoms with Gasteiger partial charge in [-0.3, -0.25) is 19.4 Å². The van der Waals surface area contributed by atoms with Crippen LogP contribution in [0.2, 0.25) is 0 Å². The molecule has 1 aromatic heterocycles. The van der Waals surface area contributed by atoms with Crippen molar-refractivity contribution < 1.29 is 24.3 Å². The molecular formula is C17H25N5O3+2. The van der Waals surface area contributed by atoms with Gasteiger partial charge in [0.1, 0.15) is 26.2 Å². The van der Waals surface area contributed by atoms with Crippen LogP contribution in [-0.4, -0.2) is 67.0 Å². The Bertz CT molecular complexity index is 656. The Morgan fingerprint density at radius 1 is 1.08 bits per heavy atom. The number of pyridine rings is 1. The number of nitrogens with one attached hydrogen (secondary N) is 2. The first-order valence-electron chi connectivity index (χ1n) is 8.70. The third kappa shape index (κ3) is 3.63. The Hall–Kier alpha value is -2.48. The van der Waals surface area contributed by atoms with Crippen LogP contribution in [0.15, 0.2) is 24.4 Å². The normalized spacial score (nSPS) is 19.5.